The van der Waals surface area contributed by atoms with Crippen molar-refractivity contribution in [1.82, 2.24) is 9.97 Å². The quantitative estimate of drug-likeness (QED) is 0.640. The van der Waals surface area contributed by atoms with Gasteiger partial charge in [0, 0.05) is 23.8 Å². The third kappa shape index (κ3) is 2.76. The van der Waals surface area contributed by atoms with Gasteiger partial charge in [0.25, 0.3) is 0 Å². The van der Waals surface area contributed by atoms with Crippen LogP contribution in [0.4, 0.5) is 0 Å². The number of halogens is 1. The van der Waals surface area contributed by atoms with Gasteiger partial charge in [0.2, 0.25) is 0 Å². The molecule has 4 heteroatoms. The number of ether oxygens (including phenoxy) is 1. The van der Waals surface area contributed by atoms with Crippen molar-refractivity contribution in [3.63, 3.8) is 0 Å². The van der Waals surface area contributed by atoms with Gasteiger partial charge in [-0.2, -0.15) is 0 Å². The molecule has 0 amide bonds. The second kappa shape index (κ2) is 5.56. The van der Waals surface area contributed by atoms with E-state index in [0.717, 1.165) is 23.6 Å². The number of aromatic amines is 1. The van der Waals surface area contributed by atoms with E-state index in [-0.39, 0.29) is 0 Å². The Kier molecular flexibility index (Phi) is 3.83. The summed E-state index contributed by atoms with van der Waals surface area (Å²) in [6.45, 7) is 0.656. The van der Waals surface area contributed by atoms with Crippen LogP contribution >= 0.6 is 11.6 Å². The van der Waals surface area contributed by atoms with Gasteiger partial charge in [-0.15, -0.1) is 11.6 Å². The molecule has 1 heterocycles. The van der Waals surface area contributed by atoms with Crippen molar-refractivity contribution in [3.05, 3.63) is 36.7 Å². The number of alkyl halides is 1. The number of nitrogens with zero attached hydrogens (tertiary/aromatic N) is 1. The highest BCUT2D eigenvalue weighted by Crippen LogP contribution is 2.19. The minimum atomic E-state index is 0.629. The van der Waals surface area contributed by atoms with E-state index in [1.807, 2.05) is 24.3 Å². The number of nitrogens with one attached hydrogen (secondary N) is 1. The number of aromatic nitrogens is 2. The molecule has 0 saturated heterocycles. The number of H-pyrrole nitrogens is 1. The SMILES string of the molecule is ClCCCOc1ccc(-c2ncc[nH]2)cc1. The van der Waals surface area contributed by atoms with Crippen LogP contribution in [0.3, 0.4) is 0 Å². The molecule has 2 rings (SSSR count). The van der Waals surface area contributed by atoms with Crippen molar-refractivity contribution < 1.29 is 4.74 Å². The molecule has 0 saturated carbocycles. The number of hydrogen-bond acceptors (Lipinski definition) is 2. The third-order valence-electron chi connectivity index (χ3n) is 2.17. The van der Waals surface area contributed by atoms with Gasteiger partial charge in [-0.05, 0) is 30.7 Å². The van der Waals surface area contributed by atoms with Crippen LogP contribution in [-0.4, -0.2) is 22.5 Å². The standard InChI is InChI=1S/C12H13ClN2O/c13-6-1-9-16-11-4-2-10(3-5-11)12-14-7-8-15-12/h2-5,7-8H,1,6,9H2,(H,14,15). The first-order chi connectivity index (χ1) is 7.90. The second-order valence-electron chi connectivity index (χ2n) is 3.35. The first kappa shape index (κ1) is 11.0. The molecule has 84 valence electrons. The monoisotopic (exact) mass is 236 g/mol. The molecule has 0 fully saturated rings. The van der Waals surface area contributed by atoms with Crippen molar-refractivity contribution in [2.24, 2.45) is 0 Å². The molecule has 16 heavy (non-hydrogen) atoms. The molecule has 0 spiro atoms. The Balaban J connectivity index is 2.00. The van der Waals surface area contributed by atoms with Gasteiger partial charge in [-0.1, -0.05) is 0 Å². The molecule has 3 nitrogen and oxygen atoms in total. The van der Waals surface area contributed by atoms with Crippen LogP contribution in [0.2, 0.25) is 0 Å². The first-order valence-electron chi connectivity index (χ1n) is 5.19. The van der Waals surface area contributed by atoms with E-state index in [0.29, 0.717) is 12.5 Å². The van der Waals surface area contributed by atoms with Gasteiger partial charge in [-0.25, -0.2) is 4.98 Å². The van der Waals surface area contributed by atoms with Crippen molar-refractivity contribution in [3.8, 4) is 17.1 Å². The Hall–Kier alpha value is -1.48. The number of benzene rings is 1. The maximum absolute atomic E-state index is 5.57. The lowest BCUT2D eigenvalue weighted by molar-refractivity contribution is 0.318. The summed E-state index contributed by atoms with van der Waals surface area (Å²) in [6, 6.07) is 7.84. The van der Waals surface area contributed by atoms with Gasteiger partial charge >= 0.3 is 0 Å². The fourth-order valence-electron chi connectivity index (χ4n) is 1.38. The molecular weight excluding hydrogens is 224 g/mol. The summed E-state index contributed by atoms with van der Waals surface area (Å²) in [5.74, 6) is 2.36. The lowest BCUT2D eigenvalue weighted by atomic mass is 10.2. The van der Waals surface area contributed by atoms with E-state index in [9.17, 15) is 0 Å². The van der Waals surface area contributed by atoms with Crippen LogP contribution in [0.1, 0.15) is 6.42 Å². The highest BCUT2D eigenvalue weighted by Gasteiger charge is 1.99. The summed E-state index contributed by atoms with van der Waals surface area (Å²) >= 11 is 5.57. The van der Waals surface area contributed by atoms with Gasteiger partial charge in [-0.3, -0.25) is 0 Å². The Morgan fingerprint density at radius 3 is 2.69 bits per heavy atom. The summed E-state index contributed by atoms with van der Waals surface area (Å²) in [6.07, 6.45) is 4.40. The van der Waals surface area contributed by atoms with Crippen molar-refractivity contribution in [2.45, 2.75) is 6.42 Å². The number of imidazole rings is 1. The molecule has 1 aromatic heterocycles. The van der Waals surface area contributed by atoms with Crippen LogP contribution in [0.5, 0.6) is 5.75 Å². The summed E-state index contributed by atoms with van der Waals surface area (Å²) < 4.78 is 5.50. The van der Waals surface area contributed by atoms with Crippen molar-refractivity contribution in [1.29, 1.82) is 0 Å². The molecular formula is C12H13ClN2O. The maximum Gasteiger partial charge on any atom is 0.137 e. The maximum atomic E-state index is 5.57. The summed E-state index contributed by atoms with van der Waals surface area (Å²) in [7, 11) is 0. The molecule has 0 radical (unpaired) electrons. The molecule has 1 aromatic carbocycles. The number of rotatable bonds is 5. The first-order valence-corrected chi connectivity index (χ1v) is 5.72. The highest BCUT2D eigenvalue weighted by atomic mass is 35.5. The predicted molar refractivity (Wildman–Crippen MR) is 64.9 cm³/mol. The van der Waals surface area contributed by atoms with Crippen LogP contribution in [0, 0.1) is 0 Å². The Morgan fingerprint density at radius 2 is 2.06 bits per heavy atom. The molecule has 1 N–H and O–H groups in total. The molecule has 0 aliphatic rings. The van der Waals surface area contributed by atoms with Crippen LogP contribution in [0.15, 0.2) is 36.7 Å². The average Bonchev–Trinajstić information content (AvgIpc) is 2.84. The fourth-order valence-corrected chi connectivity index (χ4v) is 1.49. The van der Waals surface area contributed by atoms with E-state index < -0.39 is 0 Å². The Labute approximate surface area is 99.4 Å². The van der Waals surface area contributed by atoms with Gasteiger partial charge in [0.1, 0.15) is 11.6 Å². The zero-order valence-corrected chi connectivity index (χ0v) is 9.57. The average molecular weight is 237 g/mol. The van der Waals surface area contributed by atoms with Gasteiger partial charge in [0.15, 0.2) is 0 Å². The summed E-state index contributed by atoms with van der Waals surface area (Å²) in [5, 5.41) is 0. The van der Waals surface area contributed by atoms with E-state index >= 15 is 0 Å². The molecule has 2 aromatic rings. The number of hydrogen-bond donors (Lipinski definition) is 1. The zero-order chi connectivity index (χ0) is 11.2. The molecule has 0 atom stereocenters. The second-order valence-corrected chi connectivity index (χ2v) is 3.73. The van der Waals surface area contributed by atoms with E-state index in [1.165, 1.54) is 0 Å². The molecule has 0 aliphatic carbocycles. The fraction of sp³-hybridized carbons (Fsp3) is 0.250. The highest BCUT2D eigenvalue weighted by molar-refractivity contribution is 6.17. The predicted octanol–water partition coefficient (Wildman–Crippen LogP) is 3.08. The van der Waals surface area contributed by atoms with Crippen molar-refractivity contribution >= 4 is 11.6 Å². The normalized spacial score (nSPS) is 10.3. The lowest BCUT2D eigenvalue weighted by Gasteiger charge is -2.05. The molecule has 0 aliphatic heterocycles. The van der Waals surface area contributed by atoms with Crippen molar-refractivity contribution in [2.75, 3.05) is 12.5 Å². The van der Waals surface area contributed by atoms with Crippen LogP contribution < -0.4 is 4.74 Å². The lowest BCUT2D eigenvalue weighted by Crippen LogP contribution is -1.97. The topological polar surface area (TPSA) is 37.9 Å². The Bertz CT molecular complexity index is 411. The summed E-state index contributed by atoms with van der Waals surface area (Å²) in [4.78, 5) is 7.23. The van der Waals surface area contributed by atoms with E-state index in [4.69, 9.17) is 16.3 Å². The minimum Gasteiger partial charge on any atom is -0.494 e. The summed E-state index contributed by atoms with van der Waals surface area (Å²) in [5.41, 5.74) is 1.05. The zero-order valence-electron chi connectivity index (χ0n) is 8.82. The van der Waals surface area contributed by atoms with Gasteiger partial charge < -0.3 is 9.72 Å². The van der Waals surface area contributed by atoms with Crippen LogP contribution in [-0.2, 0) is 0 Å². The van der Waals surface area contributed by atoms with E-state index in [1.54, 1.807) is 12.4 Å². The smallest absolute Gasteiger partial charge is 0.137 e. The van der Waals surface area contributed by atoms with Gasteiger partial charge in [0.05, 0.1) is 6.61 Å². The molecule has 0 bridgehead atoms. The largest absolute Gasteiger partial charge is 0.494 e. The molecule has 0 unspecified atom stereocenters. The van der Waals surface area contributed by atoms with E-state index in [2.05, 4.69) is 9.97 Å². The van der Waals surface area contributed by atoms with Crippen LogP contribution in [0.25, 0.3) is 11.4 Å². The minimum absolute atomic E-state index is 0.629. The Morgan fingerprint density at radius 1 is 1.25 bits per heavy atom. The third-order valence-corrected chi connectivity index (χ3v) is 2.44.